The largest absolute Gasteiger partial charge is 0.493 e. The lowest BCUT2D eigenvalue weighted by Crippen LogP contribution is -2.15. The first-order valence-corrected chi connectivity index (χ1v) is 9.52. The summed E-state index contributed by atoms with van der Waals surface area (Å²) in [6, 6.07) is 17.2. The number of imidazole rings is 1. The molecule has 0 bridgehead atoms. The van der Waals surface area contributed by atoms with Crippen molar-refractivity contribution < 1.29 is 9.53 Å². The lowest BCUT2D eigenvalue weighted by Gasteiger charge is -2.08. The average molecular weight is 377 g/mol. The number of aryl methyl sites for hydroxylation is 1. The summed E-state index contributed by atoms with van der Waals surface area (Å²) in [5, 5.41) is 2.92. The summed E-state index contributed by atoms with van der Waals surface area (Å²) in [6.45, 7) is 2.41. The van der Waals surface area contributed by atoms with Gasteiger partial charge in [0.25, 0.3) is 0 Å². The van der Waals surface area contributed by atoms with Gasteiger partial charge in [0.15, 0.2) is 4.96 Å². The summed E-state index contributed by atoms with van der Waals surface area (Å²) in [5.74, 6) is 0.687. The van der Waals surface area contributed by atoms with Gasteiger partial charge in [-0.2, -0.15) is 0 Å². The van der Waals surface area contributed by atoms with Crippen LogP contribution in [0.1, 0.15) is 11.3 Å². The normalized spacial score (nSPS) is 10.9. The molecule has 27 heavy (non-hydrogen) atoms. The topological polar surface area (TPSA) is 55.6 Å². The highest BCUT2D eigenvalue weighted by Crippen LogP contribution is 2.25. The predicted octanol–water partition coefficient (Wildman–Crippen LogP) is 4.78. The Balaban J connectivity index is 1.38. The van der Waals surface area contributed by atoms with E-state index in [4.69, 9.17) is 4.74 Å². The first kappa shape index (κ1) is 17.3. The first-order chi connectivity index (χ1) is 13.2. The minimum Gasteiger partial charge on any atom is -0.493 e. The molecular weight excluding hydrogens is 358 g/mol. The summed E-state index contributed by atoms with van der Waals surface area (Å²) in [7, 11) is 0. The summed E-state index contributed by atoms with van der Waals surface area (Å²) in [4.78, 5) is 19.0. The zero-order valence-corrected chi connectivity index (χ0v) is 15.7. The number of ether oxygens (including phenoxy) is 1. The fourth-order valence-electron chi connectivity index (χ4n) is 2.81. The van der Waals surface area contributed by atoms with Crippen LogP contribution in [0.25, 0.3) is 16.2 Å². The zero-order valence-electron chi connectivity index (χ0n) is 14.9. The molecule has 0 radical (unpaired) electrons. The Bertz CT molecular complexity index is 1040. The van der Waals surface area contributed by atoms with Gasteiger partial charge in [-0.25, -0.2) is 4.98 Å². The van der Waals surface area contributed by atoms with Gasteiger partial charge in [-0.1, -0.05) is 30.3 Å². The molecule has 0 aliphatic rings. The van der Waals surface area contributed by atoms with E-state index in [9.17, 15) is 4.79 Å². The molecule has 0 saturated heterocycles. The van der Waals surface area contributed by atoms with Crippen molar-refractivity contribution in [3.05, 3.63) is 71.9 Å². The molecule has 0 spiro atoms. The standard InChI is InChI=1S/C21H19N3O2S/c1-15-13-24-14-19(23-21(24)27-15)16-6-5-7-17(12-16)22-20(25)10-11-26-18-8-3-2-4-9-18/h2-9,12-14H,10-11H2,1H3,(H,22,25). The van der Waals surface area contributed by atoms with Crippen LogP contribution in [0.5, 0.6) is 5.75 Å². The van der Waals surface area contributed by atoms with E-state index < -0.39 is 0 Å². The molecule has 1 N–H and O–H groups in total. The zero-order chi connectivity index (χ0) is 18.6. The summed E-state index contributed by atoms with van der Waals surface area (Å²) in [6.07, 6.45) is 4.36. The number of hydrogen-bond acceptors (Lipinski definition) is 4. The van der Waals surface area contributed by atoms with Crippen LogP contribution in [-0.4, -0.2) is 21.9 Å². The Morgan fingerprint density at radius 2 is 2.00 bits per heavy atom. The van der Waals surface area contributed by atoms with Gasteiger partial charge < -0.3 is 10.1 Å². The predicted molar refractivity (Wildman–Crippen MR) is 108 cm³/mol. The highest BCUT2D eigenvalue weighted by atomic mass is 32.1. The molecule has 2 aromatic carbocycles. The highest BCUT2D eigenvalue weighted by Gasteiger charge is 2.09. The van der Waals surface area contributed by atoms with Crippen LogP contribution in [-0.2, 0) is 4.79 Å². The van der Waals surface area contributed by atoms with E-state index >= 15 is 0 Å². The van der Waals surface area contributed by atoms with Crippen LogP contribution in [0, 0.1) is 6.92 Å². The van der Waals surface area contributed by atoms with Gasteiger partial charge in [0.05, 0.1) is 18.7 Å². The quantitative estimate of drug-likeness (QED) is 0.526. The number of nitrogens with one attached hydrogen (secondary N) is 1. The fraction of sp³-hybridized carbons (Fsp3) is 0.143. The van der Waals surface area contributed by atoms with Gasteiger partial charge in [-0.3, -0.25) is 9.20 Å². The number of rotatable bonds is 6. The monoisotopic (exact) mass is 377 g/mol. The maximum absolute atomic E-state index is 12.2. The molecular formula is C21H19N3O2S. The van der Waals surface area contributed by atoms with Crippen molar-refractivity contribution in [3.8, 4) is 17.0 Å². The van der Waals surface area contributed by atoms with E-state index in [1.807, 2.05) is 65.2 Å². The number of carbonyl (C=O) groups excluding carboxylic acids is 1. The minimum atomic E-state index is -0.0791. The molecule has 5 nitrogen and oxygen atoms in total. The van der Waals surface area contributed by atoms with Crippen molar-refractivity contribution in [2.45, 2.75) is 13.3 Å². The van der Waals surface area contributed by atoms with Crippen molar-refractivity contribution in [1.82, 2.24) is 9.38 Å². The number of amides is 1. The lowest BCUT2D eigenvalue weighted by atomic mass is 10.1. The molecule has 0 atom stereocenters. The van der Waals surface area contributed by atoms with Gasteiger partial charge in [0.1, 0.15) is 5.75 Å². The van der Waals surface area contributed by atoms with Crippen molar-refractivity contribution >= 4 is 27.9 Å². The fourth-order valence-corrected chi connectivity index (χ4v) is 3.62. The van der Waals surface area contributed by atoms with Crippen LogP contribution < -0.4 is 10.1 Å². The Morgan fingerprint density at radius 1 is 1.15 bits per heavy atom. The molecule has 2 heterocycles. The SMILES string of the molecule is Cc1cn2cc(-c3cccc(NC(=O)CCOc4ccccc4)c3)nc2s1. The third-order valence-corrected chi connectivity index (χ3v) is 4.97. The molecule has 4 aromatic rings. The molecule has 0 aliphatic heterocycles. The van der Waals surface area contributed by atoms with Crippen molar-refractivity contribution in [2.24, 2.45) is 0 Å². The number of benzene rings is 2. The smallest absolute Gasteiger partial charge is 0.227 e. The number of anilines is 1. The third kappa shape index (κ3) is 4.17. The van der Waals surface area contributed by atoms with Gasteiger partial charge in [0.2, 0.25) is 5.91 Å². The number of carbonyl (C=O) groups is 1. The van der Waals surface area contributed by atoms with E-state index in [1.54, 1.807) is 11.3 Å². The van der Waals surface area contributed by atoms with Gasteiger partial charge in [0, 0.05) is 28.5 Å². The van der Waals surface area contributed by atoms with Crippen LogP contribution in [0.2, 0.25) is 0 Å². The van der Waals surface area contributed by atoms with E-state index in [2.05, 4.69) is 23.4 Å². The van der Waals surface area contributed by atoms with Gasteiger partial charge in [-0.15, -0.1) is 11.3 Å². The van der Waals surface area contributed by atoms with Gasteiger partial charge in [-0.05, 0) is 31.2 Å². The van der Waals surface area contributed by atoms with E-state index in [1.165, 1.54) is 4.88 Å². The van der Waals surface area contributed by atoms with Crippen molar-refractivity contribution in [2.75, 3.05) is 11.9 Å². The van der Waals surface area contributed by atoms with E-state index in [-0.39, 0.29) is 5.91 Å². The maximum atomic E-state index is 12.2. The summed E-state index contributed by atoms with van der Waals surface area (Å²) in [5.41, 5.74) is 2.62. The second-order valence-electron chi connectivity index (χ2n) is 6.20. The molecule has 2 aromatic heterocycles. The maximum Gasteiger partial charge on any atom is 0.227 e. The summed E-state index contributed by atoms with van der Waals surface area (Å²) < 4.78 is 7.60. The molecule has 0 unspecified atom stereocenters. The van der Waals surface area contributed by atoms with Crippen LogP contribution in [0.3, 0.4) is 0 Å². The van der Waals surface area contributed by atoms with Crippen molar-refractivity contribution in [3.63, 3.8) is 0 Å². The lowest BCUT2D eigenvalue weighted by molar-refractivity contribution is -0.116. The Morgan fingerprint density at radius 3 is 2.81 bits per heavy atom. The van der Waals surface area contributed by atoms with Crippen LogP contribution in [0.4, 0.5) is 5.69 Å². The third-order valence-electron chi connectivity index (χ3n) is 4.05. The molecule has 4 rings (SSSR count). The number of hydrogen-bond donors (Lipinski definition) is 1. The highest BCUT2D eigenvalue weighted by molar-refractivity contribution is 7.17. The second kappa shape index (κ2) is 7.63. The van der Waals surface area contributed by atoms with Crippen LogP contribution >= 0.6 is 11.3 Å². The average Bonchev–Trinajstić information content (AvgIpc) is 3.20. The van der Waals surface area contributed by atoms with E-state index in [0.717, 1.165) is 27.7 Å². The molecule has 0 aliphatic carbocycles. The molecule has 136 valence electrons. The number of fused-ring (bicyclic) bond motifs is 1. The number of para-hydroxylation sites is 1. The number of aromatic nitrogens is 2. The minimum absolute atomic E-state index is 0.0791. The van der Waals surface area contributed by atoms with E-state index in [0.29, 0.717) is 13.0 Å². The number of thiazole rings is 1. The Kier molecular flexibility index (Phi) is 4.89. The Labute approximate surface area is 161 Å². The molecule has 6 heteroatoms. The molecule has 0 saturated carbocycles. The van der Waals surface area contributed by atoms with Crippen LogP contribution in [0.15, 0.2) is 67.0 Å². The van der Waals surface area contributed by atoms with Crippen molar-refractivity contribution in [1.29, 1.82) is 0 Å². The Hall–Kier alpha value is -3.12. The number of nitrogens with zero attached hydrogens (tertiary/aromatic N) is 2. The molecule has 1 amide bonds. The first-order valence-electron chi connectivity index (χ1n) is 8.71. The second-order valence-corrected chi connectivity index (χ2v) is 7.41. The molecule has 0 fully saturated rings. The summed E-state index contributed by atoms with van der Waals surface area (Å²) >= 11 is 1.66. The van der Waals surface area contributed by atoms with Gasteiger partial charge >= 0.3 is 0 Å².